The summed E-state index contributed by atoms with van der Waals surface area (Å²) in [6.07, 6.45) is 4.22. The molecule has 0 aliphatic heterocycles. The summed E-state index contributed by atoms with van der Waals surface area (Å²) >= 11 is 0. The maximum absolute atomic E-state index is 12.9. The Morgan fingerprint density at radius 1 is 1.00 bits per heavy atom. The lowest BCUT2D eigenvalue weighted by Crippen LogP contribution is -2.45. The van der Waals surface area contributed by atoms with Gasteiger partial charge in [0.2, 0.25) is 15.9 Å². The van der Waals surface area contributed by atoms with Crippen LogP contribution in [0.1, 0.15) is 32.6 Å². The topological polar surface area (TPSA) is 57.7 Å². The SMILES string of the molecule is CC1CCC(N(C)C(=O)CN(C)S(=O)(=O)c2ccc3ccccc3c2)CC1. The largest absolute Gasteiger partial charge is 0.342 e. The minimum Gasteiger partial charge on any atom is -0.342 e. The zero-order chi connectivity index (χ0) is 19.6. The molecular formula is C21H28N2O3S. The average Bonchev–Trinajstić information content (AvgIpc) is 2.67. The van der Waals surface area contributed by atoms with Crippen LogP contribution >= 0.6 is 0 Å². The molecule has 0 aromatic heterocycles. The van der Waals surface area contributed by atoms with Gasteiger partial charge in [-0.25, -0.2) is 8.42 Å². The van der Waals surface area contributed by atoms with Crippen LogP contribution in [-0.2, 0) is 14.8 Å². The summed E-state index contributed by atoms with van der Waals surface area (Å²) in [5.74, 6) is 0.558. The third-order valence-corrected chi connectivity index (χ3v) is 7.51. The third-order valence-electron chi connectivity index (χ3n) is 5.71. The van der Waals surface area contributed by atoms with Gasteiger partial charge in [-0.2, -0.15) is 4.31 Å². The standard InChI is InChI=1S/C21H28N2O3S/c1-16-8-11-19(12-9-16)23(3)21(24)15-22(2)27(25,26)20-13-10-17-6-4-5-7-18(17)14-20/h4-7,10,13-14,16,19H,8-9,11-12,15H2,1-3H3. The number of carbonyl (C=O) groups is 1. The van der Waals surface area contributed by atoms with Crippen molar-refractivity contribution in [2.24, 2.45) is 5.92 Å². The molecule has 0 bridgehead atoms. The molecule has 0 unspecified atom stereocenters. The second-order valence-electron chi connectivity index (χ2n) is 7.69. The summed E-state index contributed by atoms with van der Waals surface area (Å²) in [6.45, 7) is 2.10. The molecule has 3 rings (SSSR count). The van der Waals surface area contributed by atoms with Gasteiger partial charge in [-0.1, -0.05) is 37.3 Å². The lowest BCUT2D eigenvalue weighted by molar-refractivity contribution is -0.132. The van der Waals surface area contributed by atoms with E-state index in [-0.39, 0.29) is 23.4 Å². The number of amides is 1. The van der Waals surface area contributed by atoms with Crippen molar-refractivity contribution in [3.8, 4) is 0 Å². The first-order valence-electron chi connectivity index (χ1n) is 9.50. The number of benzene rings is 2. The predicted molar refractivity (Wildman–Crippen MR) is 108 cm³/mol. The molecule has 1 amide bonds. The van der Waals surface area contributed by atoms with E-state index in [4.69, 9.17) is 0 Å². The van der Waals surface area contributed by atoms with Crippen LogP contribution in [0.5, 0.6) is 0 Å². The first kappa shape index (κ1) is 19.8. The Hall–Kier alpha value is -1.92. The molecular weight excluding hydrogens is 360 g/mol. The lowest BCUT2D eigenvalue weighted by atomic mass is 9.87. The highest BCUT2D eigenvalue weighted by atomic mass is 32.2. The fourth-order valence-corrected chi connectivity index (χ4v) is 4.88. The predicted octanol–water partition coefficient (Wildman–Crippen LogP) is 3.50. The highest BCUT2D eigenvalue weighted by Crippen LogP contribution is 2.27. The molecule has 0 saturated heterocycles. The highest BCUT2D eigenvalue weighted by Gasteiger charge is 2.28. The highest BCUT2D eigenvalue weighted by molar-refractivity contribution is 7.89. The molecule has 1 fully saturated rings. The van der Waals surface area contributed by atoms with Crippen LogP contribution in [0.4, 0.5) is 0 Å². The number of hydrogen-bond acceptors (Lipinski definition) is 3. The van der Waals surface area contributed by atoms with E-state index in [0.29, 0.717) is 5.92 Å². The normalized spacial score (nSPS) is 20.7. The number of nitrogens with zero attached hydrogens (tertiary/aromatic N) is 2. The summed E-state index contributed by atoms with van der Waals surface area (Å²) in [7, 11) is -0.450. The molecule has 1 aliphatic rings. The van der Waals surface area contributed by atoms with Gasteiger partial charge in [0, 0.05) is 20.1 Å². The van der Waals surface area contributed by atoms with Crippen molar-refractivity contribution in [1.29, 1.82) is 0 Å². The number of rotatable bonds is 5. The Morgan fingerprint density at radius 3 is 2.30 bits per heavy atom. The Morgan fingerprint density at radius 2 is 1.63 bits per heavy atom. The van der Waals surface area contributed by atoms with Crippen LogP contribution < -0.4 is 0 Å². The van der Waals surface area contributed by atoms with Crippen molar-refractivity contribution in [3.05, 3.63) is 42.5 Å². The number of hydrogen-bond donors (Lipinski definition) is 0. The maximum atomic E-state index is 12.9. The monoisotopic (exact) mass is 388 g/mol. The van der Waals surface area contributed by atoms with E-state index in [2.05, 4.69) is 6.92 Å². The van der Waals surface area contributed by atoms with Crippen LogP contribution in [0.15, 0.2) is 47.4 Å². The second-order valence-corrected chi connectivity index (χ2v) is 9.73. The molecule has 0 radical (unpaired) electrons. The van der Waals surface area contributed by atoms with E-state index < -0.39 is 10.0 Å². The second kappa shape index (κ2) is 7.98. The molecule has 2 aromatic rings. The van der Waals surface area contributed by atoms with Crippen LogP contribution in [0, 0.1) is 5.92 Å². The minimum atomic E-state index is -3.71. The summed E-state index contributed by atoms with van der Waals surface area (Å²) in [6, 6.07) is 12.9. The zero-order valence-corrected chi connectivity index (χ0v) is 17.1. The van der Waals surface area contributed by atoms with Crippen molar-refractivity contribution in [2.75, 3.05) is 20.6 Å². The van der Waals surface area contributed by atoms with Crippen molar-refractivity contribution in [1.82, 2.24) is 9.21 Å². The lowest BCUT2D eigenvalue weighted by Gasteiger charge is -2.34. The molecule has 0 heterocycles. The molecule has 6 heteroatoms. The molecule has 0 spiro atoms. The molecule has 0 atom stereocenters. The van der Waals surface area contributed by atoms with Crippen LogP contribution in [0.25, 0.3) is 10.8 Å². The molecule has 146 valence electrons. The molecule has 27 heavy (non-hydrogen) atoms. The van der Waals surface area contributed by atoms with Crippen molar-refractivity contribution < 1.29 is 13.2 Å². The van der Waals surface area contributed by atoms with E-state index in [9.17, 15) is 13.2 Å². The van der Waals surface area contributed by atoms with Gasteiger partial charge < -0.3 is 4.90 Å². The number of sulfonamides is 1. The van der Waals surface area contributed by atoms with E-state index in [0.717, 1.165) is 40.8 Å². The van der Waals surface area contributed by atoms with Gasteiger partial charge >= 0.3 is 0 Å². The Bertz CT molecular complexity index is 918. The third kappa shape index (κ3) is 4.33. The van der Waals surface area contributed by atoms with Crippen molar-refractivity contribution in [3.63, 3.8) is 0 Å². The molecule has 1 aliphatic carbocycles. The van der Waals surface area contributed by atoms with E-state index >= 15 is 0 Å². The Labute approximate surface area is 162 Å². The number of carbonyl (C=O) groups excluding carboxylic acids is 1. The average molecular weight is 389 g/mol. The maximum Gasteiger partial charge on any atom is 0.243 e. The van der Waals surface area contributed by atoms with Crippen LogP contribution in [0.3, 0.4) is 0 Å². The van der Waals surface area contributed by atoms with E-state index in [1.165, 1.54) is 7.05 Å². The van der Waals surface area contributed by atoms with Crippen molar-refractivity contribution in [2.45, 2.75) is 43.5 Å². The fraction of sp³-hybridized carbons (Fsp3) is 0.476. The molecule has 5 nitrogen and oxygen atoms in total. The van der Waals surface area contributed by atoms with Gasteiger partial charge in [0.1, 0.15) is 0 Å². The van der Waals surface area contributed by atoms with Gasteiger partial charge in [0.05, 0.1) is 11.4 Å². The van der Waals surface area contributed by atoms with Gasteiger partial charge in [0.25, 0.3) is 0 Å². The van der Waals surface area contributed by atoms with Crippen LogP contribution in [0.2, 0.25) is 0 Å². The van der Waals surface area contributed by atoms with Gasteiger partial charge in [-0.05, 0) is 54.5 Å². The molecule has 2 aromatic carbocycles. The fourth-order valence-electron chi connectivity index (χ4n) is 3.73. The van der Waals surface area contributed by atoms with Crippen LogP contribution in [-0.4, -0.2) is 50.2 Å². The first-order valence-corrected chi connectivity index (χ1v) is 10.9. The number of fused-ring (bicyclic) bond motifs is 1. The first-order chi connectivity index (χ1) is 12.8. The van der Waals surface area contributed by atoms with E-state index in [1.807, 2.05) is 24.3 Å². The Kier molecular flexibility index (Phi) is 5.86. The van der Waals surface area contributed by atoms with E-state index in [1.54, 1.807) is 30.1 Å². The molecule has 0 N–H and O–H groups in total. The quantitative estimate of drug-likeness (QED) is 0.788. The summed E-state index contributed by atoms with van der Waals surface area (Å²) in [4.78, 5) is 14.6. The zero-order valence-electron chi connectivity index (χ0n) is 16.3. The summed E-state index contributed by atoms with van der Waals surface area (Å²) in [5.41, 5.74) is 0. The Balaban J connectivity index is 1.71. The van der Waals surface area contributed by atoms with Gasteiger partial charge in [0.15, 0.2) is 0 Å². The molecule has 1 saturated carbocycles. The van der Waals surface area contributed by atoms with Crippen molar-refractivity contribution >= 4 is 26.7 Å². The summed E-state index contributed by atoms with van der Waals surface area (Å²) in [5, 5.41) is 1.85. The number of likely N-dealkylation sites (N-methyl/N-ethyl adjacent to an activating group) is 2. The smallest absolute Gasteiger partial charge is 0.243 e. The van der Waals surface area contributed by atoms with Gasteiger partial charge in [-0.15, -0.1) is 0 Å². The summed E-state index contributed by atoms with van der Waals surface area (Å²) < 4.78 is 27.0. The van der Waals surface area contributed by atoms with Gasteiger partial charge in [-0.3, -0.25) is 4.79 Å². The minimum absolute atomic E-state index is 0.141.